The van der Waals surface area contributed by atoms with E-state index in [-0.39, 0.29) is 12.1 Å². The highest BCUT2D eigenvalue weighted by molar-refractivity contribution is 5.68. The number of hydrogen-bond donors (Lipinski definition) is 1. The highest BCUT2D eigenvalue weighted by Crippen LogP contribution is 2.30. The molecule has 6 heteroatoms. The Morgan fingerprint density at radius 3 is 2.54 bits per heavy atom. The van der Waals surface area contributed by atoms with Gasteiger partial charge in [0.1, 0.15) is 17.7 Å². The number of benzene rings is 1. The fourth-order valence-corrected chi connectivity index (χ4v) is 3.58. The molecule has 0 amide bonds. The quantitative estimate of drug-likeness (QED) is 0.746. The third-order valence-corrected chi connectivity index (χ3v) is 5.13. The van der Waals surface area contributed by atoms with Crippen LogP contribution in [0.4, 0.5) is 5.82 Å². The lowest BCUT2D eigenvalue weighted by atomic mass is 10.0. The predicted molar refractivity (Wildman–Crippen MR) is 111 cm³/mol. The van der Waals surface area contributed by atoms with Crippen LogP contribution in [0, 0.1) is 6.92 Å². The Kier molecular flexibility index (Phi) is 6.86. The van der Waals surface area contributed by atoms with Gasteiger partial charge in [0.25, 0.3) is 0 Å². The van der Waals surface area contributed by atoms with Crippen LogP contribution in [0.1, 0.15) is 37.7 Å². The van der Waals surface area contributed by atoms with Gasteiger partial charge in [-0.15, -0.1) is 0 Å². The molecule has 28 heavy (non-hydrogen) atoms. The summed E-state index contributed by atoms with van der Waals surface area (Å²) in [6, 6.07) is 6.18. The van der Waals surface area contributed by atoms with Crippen LogP contribution in [0.5, 0.6) is 5.75 Å². The summed E-state index contributed by atoms with van der Waals surface area (Å²) in [6.45, 7) is 10.2. The molecule has 0 aliphatic carbocycles. The molecule has 2 aromatic rings. The first-order valence-corrected chi connectivity index (χ1v) is 10.1. The third-order valence-electron chi connectivity index (χ3n) is 5.13. The molecule has 1 saturated heterocycles. The van der Waals surface area contributed by atoms with Gasteiger partial charge >= 0.3 is 0 Å². The zero-order valence-electron chi connectivity index (χ0n) is 17.5. The molecule has 152 valence electrons. The van der Waals surface area contributed by atoms with Crippen LogP contribution in [0.25, 0.3) is 11.3 Å². The van der Waals surface area contributed by atoms with Crippen LogP contribution in [0.3, 0.4) is 0 Å². The molecule has 2 unspecified atom stereocenters. The van der Waals surface area contributed by atoms with Crippen molar-refractivity contribution < 1.29 is 14.2 Å². The van der Waals surface area contributed by atoms with Crippen LogP contribution < -0.4 is 10.1 Å². The smallest absolute Gasteiger partial charge is 0.148 e. The topological polar surface area (TPSA) is 65.5 Å². The first kappa shape index (κ1) is 20.6. The van der Waals surface area contributed by atoms with Crippen molar-refractivity contribution in [2.24, 2.45) is 0 Å². The number of rotatable bonds is 8. The lowest BCUT2D eigenvalue weighted by Crippen LogP contribution is -2.35. The number of nitrogens with zero attached hydrogens (tertiary/aromatic N) is 2. The maximum atomic E-state index is 5.80. The number of anilines is 1. The molecule has 2 heterocycles. The molecule has 0 bridgehead atoms. The van der Waals surface area contributed by atoms with Gasteiger partial charge in [0.05, 0.1) is 43.4 Å². The summed E-state index contributed by atoms with van der Waals surface area (Å²) in [7, 11) is 1.68. The van der Waals surface area contributed by atoms with Gasteiger partial charge in [0, 0.05) is 12.2 Å². The van der Waals surface area contributed by atoms with E-state index >= 15 is 0 Å². The molecule has 1 aliphatic heterocycles. The van der Waals surface area contributed by atoms with Crippen LogP contribution >= 0.6 is 0 Å². The van der Waals surface area contributed by atoms with E-state index in [9.17, 15) is 0 Å². The molecule has 1 fully saturated rings. The van der Waals surface area contributed by atoms with Crippen molar-refractivity contribution in [1.82, 2.24) is 9.97 Å². The zero-order chi connectivity index (χ0) is 20.1. The van der Waals surface area contributed by atoms with Crippen molar-refractivity contribution >= 4 is 5.82 Å². The van der Waals surface area contributed by atoms with E-state index in [1.54, 1.807) is 7.11 Å². The summed E-state index contributed by atoms with van der Waals surface area (Å²) in [5.74, 6) is 1.69. The van der Waals surface area contributed by atoms with Gasteiger partial charge in [-0.25, -0.2) is 9.97 Å². The minimum absolute atomic E-state index is 0.0464. The first-order valence-electron chi connectivity index (χ1n) is 10.1. The van der Waals surface area contributed by atoms with Gasteiger partial charge < -0.3 is 19.5 Å². The monoisotopic (exact) mass is 385 g/mol. The summed E-state index contributed by atoms with van der Waals surface area (Å²) < 4.78 is 16.7. The van der Waals surface area contributed by atoms with Crippen molar-refractivity contribution in [3.8, 4) is 17.0 Å². The largest absolute Gasteiger partial charge is 0.497 e. The lowest BCUT2D eigenvalue weighted by Gasteiger charge is -2.22. The molecular formula is C22H31N3O3. The highest BCUT2D eigenvalue weighted by Gasteiger charge is 2.30. The summed E-state index contributed by atoms with van der Waals surface area (Å²) in [4.78, 5) is 9.98. The summed E-state index contributed by atoms with van der Waals surface area (Å²) in [5.41, 5.74) is 5.13. The second-order valence-electron chi connectivity index (χ2n) is 6.98. The molecule has 0 spiro atoms. The molecule has 1 aliphatic rings. The van der Waals surface area contributed by atoms with Crippen molar-refractivity contribution in [2.45, 2.75) is 52.7 Å². The molecule has 0 radical (unpaired) electrons. The van der Waals surface area contributed by atoms with Gasteiger partial charge in [-0.3, -0.25) is 0 Å². The van der Waals surface area contributed by atoms with Crippen molar-refractivity contribution in [3.05, 3.63) is 35.2 Å². The molecule has 2 atom stereocenters. The number of ether oxygens (including phenoxy) is 3. The Morgan fingerprint density at radius 1 is 1.11 bits per heavy atom. The van der Waals surface area contributed by atoms with Gasteiger partial charge in [-0.2, -0.15) is 0 Å². The number of nitrogens with one attached hydrogen (secondary N) is 1. The van der Waals surface area contributed by atoms with E-state index in [0.29, 0.717) is 19.8 Å². The van der Waals surface area contributed by atoms with Crippen LogP contribution in [0.15, 0.2) is 18.2 Å². The van der Waals surface area contributed by atoms with Crippen molar-refractivity contribution in [3.63, 3.8) is 0 Å². The average Bonchev–Trinajstić information content (AvgIpc) is 3.14. The number of hydrogen-bond acceptors (Lipinski definition) is 6. The second kappa shape index (κ2) is 9.34. The molecule has 1 aromatic carbocycles. The Labute approximate surface area is 167 Å². The lowest BCUT2D eigenvalue weighted by molar-refractivity contribution is 0.0478. The molecule has 0 saturated carbocycles. The van der Waals surface area contributed by atoms with E-state index in [1.165, 1.54) is 0 Å². The van der Waals surface area contributed by atoms with Gasteiger partial charge in [-0.05, 0) is 50.5 Å². The van der Waals surface area contributed by atoms with E-state index in [4.69, 9.17) is 24.2 Å². The molecule has 1 aromatic heterocycles. The number of aryl methyl sites for hydroxylation is 3. The zero-order valence-corrected chi connectivity index (χ0v) is 17.5. The predicted octanol–water partition coefficient (Wildman–Crippen LogP) is 3.80. The molecular weight excluding hydrogens is 354 g/mol. The van der Waals surface area contributed by atoms with Gasteiger partial charge in [-0.1, -0.05) is 13.8 Å². The number of methoxy groups -OCH3 is 1. The SMILES string of the molecule is CCOC1COCC1Nc1nc(CC)c(-c2ccc(OC)cc2C)nc1CC. The average molecular weight is 386 g/mol. The van der Waals surface area contributed by atoms with Crippen molar-refractivity contribution in [1.29, 1.82) is 0 Å². The third kappa shape index (κ3) is 4.28. The van der Waals surface area contributed by atoms with Crippen molar-refractivity contribution in [2.75, 3.05) is 32.2 Å². The van der Waals surface area contributed by atoms with E-state index in [1.807, 2.05) is 19.1 Å². The summed E-state index contributed by atoms with van der Waals surface area (Å²) >= 11 is 0. The first-order chi connectivity index (χ1) is 13.6. The fraction of sp³-hybridized carbons (Fsp3) is 0.545. The van der Waals surface area contributed by atoms with Gasteiger partial charge in [0.15, 0.2) is 0 Å². The molecule has 3 rings (SSSR count). The fourth-order valence-electron chi connectivity index (χ4n) is 3.58. The van der Waals surface area contributed by atoms with Crippen LogP contribution in [0.2, 0.25) is 0 Å². The van der Waals surface area contributed by atoms with Crippen LogP contribution in [-0.4, -0.2) is 49.0 Å². The van der Waals surface area contributed by atoms with E-state index in [2.05, 4.69) is 32.2 Å². The van der Waals surface area contributed by atoms with E-state index in [0.717, 1.165) is 52.6 Å². The Morgan fingerprint density at radius 2 is 1.89 bits per heavy atom. The highest BCUT2D eigenvalue weighted by atomic mass is 16.5. The van der Waals surface area contributed by atoms with Crippen LogP contribution in [-0.2, 0) is 22.3 Å². The minimum atomic E-state index is 0.0464. The normalized spacial score (nSPS) is 19.0. The maximum Gasteiger partial charge on any atom is 0.148 e. The molecule has 1 N–H and O–H groups in total. The van der Waals surface area contributed by atoms with Gasteiger partial charge in [0.2, 0.25) is 0 Å². The second-order valence-corrected chi connectivity index (χ2v) is 6.98. The molecule has 6 nitrogen and oxygen atoms in total. The minimum Gasteiger partial charge on any atom is -0.497 e. The summed E-state index contributed by atoms with van der Waals surface area (Å²) in [5, 5.41) is 3.54. The Hall–Kier alpha value is -2.18. The van der Waals surface area contributed by atoms with E-state index < -0.39 is 0 Å². The Balaban J connectivity index is 1.96. The maximum absolute atomic E-state index is 5.80. The Bertz CT molecular complexity index is 810. The number of aromatic nitrogens is 2. The standard InChI is InChI=1S/C22H31N3O3/c1-6-17-21(16-10-9-15(26-5)11-14(16)4)23-18(7-2)22(24-17)25-19-12-27-13-20(19)28-8-3/h9-11,19-20H,6-8,12-13H2,1-5H3,(H,24,25). The summed E-state index contributed by atoms with van der Waals surface area (Å²) in [6.07, 6.45) is 1.65.